The van der Waals surface area contributed by atoms with Gasteiger partial charge in [-0.15, -0.1) is 11.3 Å². The van der Waals surface area contributed by atoms with Gasteiger partial charge in [-0.2, -0.15) is 0 Å². The fraction of sp³-hybridized carbons (Fsp3) is 0.312. The molecule has 3 nitrogen and oxygen atoms in total. The molecule has 0 aliphatic rings. The number of halogens is 1. The maximum Gasteiger partial charge on any atom is 0.224 e. The summed E-state index contributed by atoms with van der Waals surface area (Å²) in [6, 6.07) is 11.7. The fourth-order valence-electron chi connectivity index (χ4n) is 2.08. The predicted molar refractivity (Wildman–Crippen MR) is 88.9 cm³/mol. The van der Waals surface area contributed by atoms with Gasteiger partial charge >= 0.3 is 0 Å². The number of nitrogens with one attached hydrogen (secondary N) is 1. The van der Waals surface area contributed by atoms with Gasteiger partial charge in [0.2, 0.25) is 5.91 Å². The van der Waals surface area contributed by atoms with Gasteiger partial charge in [0.1, 0.15) is 0 Å². The van der Waals surface area contributed by atoms with Crippen LogP contribution in [0, 0.1) is 0 Å². The highest BCUT2D eigenvalue weighted by Gasteiger charge is 2.16. The van der Waals surface area contributed by atoms with Crippen molar-refractivity contribution >= 4 is 28.8 Å². The number of amides is 1. The molecule has 0 spiro atoms. The average Bonchev–Trinajstić information content (AvgIpc) is 2.95. The van der Waals surface area contributed by atoms with Gasteiger partial charge in [0, 0.05) is 16.4 Å². The van der Waals surface area contributed by atoms with Gasteiger partial charge in [-0.1, -0.05) is 29.8 Å². The lowest BCUT2D eigenvalue weighted by Crippen LogP contribution is -2.34. The standard InChI is InChI=1S/C16H19ClN2OS/c1-19(2)14(15-4-3-9-21-15)11-18-16(20)10-12-5-7-13(17)8-6-12/h3-9,14H,10-11H2,1-2H3,(H,18,20)/t14-/m0/s1. The maximum atomic E-state index is 12.0. The zero-order chi connectivity index (χ0) is 15.2. The van der Waals surface area contributed by atoms with E-state index in [-0.39, 0.29) is 11.9 Å². The van der Waals surface area contributed by atoms with Crippen molar-refractivity contribution in [3.8, 4) is 0 Å². The number of hydrogen-bond donors (Lipinski definition) is 1. The summed E-state index contributed by atoms with van der Waals surface area (Å²) in [4.78, 5) is 15.4. The molecule has 5 heteroatoms. The smallest absolute Gasteiger partial charge is 0.224 e. The second-order valence-corrected chi connectivity index (χ2v) is 6.52. The highest BCUT2D eigenvalue weighted by Crippen LogP contribution is 2.22. The first-order valence-electron chi connectivity index (χ1n) is 6.77. The van der Waals surface area contributed by atoms with Crippen LogP contribution in [-0.4, -0.2) is 31.4 Å². The van der Waals surface area contributed by atoms with E-state index in [9.17, 15) is 4.79 Å². The number of hydrogen-bond acceptors (Lipinski definition) is 3. The molecule has 1 aromatic carbocycles. The van der Waals surface area contributed by atoms with Crippen molar-refractivity contribution in [1.82, 2.24) is 10.2 Å². The fourth-order valence-corrected chi connectivity index (χ4v) is 3.13. The van der Waals surface area contributed by atoms with Gasteiger partial charge in [0.15, 0.2) is 0 Å². The van der Waals surface area contributed by atoms with Crippen LogP contribution in [0.15, 0.2) is 41.8 Å². The number of nitrogens with zero attached hydrogens (tertiary/aromatic N) is 1. The van der Waals surface area contributed by atoms with Gasteiger partial charge in [-0.3, -0.25) is 4.79 Å². The van der Waals surface area contributed by atoms with E-state index >= 15 is 0 Å². The molecule has 1 amide bonds. The van der Waals surface area contributed by atoms with Crippen molar-refractivity contribution in [3.63, 3.8) is 0 Å². The Labute approximate surface area is 134 Å². The molecule has 2 rings (SSSR count). The minimum Gasteiger partial charge on any atom is -0.354 e. The topological polar surface area (TPSA) is 32.3 Å². The first-order chi connectivity index (χ1) is 10.1. The number of carbonyl (C=O) groups excluding carboxylic acids is 1. The van der Waals surface area contributed by atoms with Crippen molar-refractivity contribution in [2.24, 2.45) is 0 Å². The molecule has 0 fully saturated rings. The number of rotatable bonds is 6. The van der Waals surface area contributed by atoms with E-state index in [4.69, 9.17) is 11.6 Å². The Morgan fingerprint density at radius 2 is 2.00 bits per heavy atom. The van der Waals surface area contributed by atoms with Crippen molar-refractivity contribution in [2.75, 3.05) is 20.6 Å². The van der Waals surface area contributed by atoms with E-state index in [2.05, 4.69) is 21.7 Å². The van der Waals surface area contributed by atoms with Crippen molar-refractivity contribution < 1.29 is 4.79 Å². The van der Waals surface area contributed by atoms with Gasteiger partial charge in [-0.05, 0) is 43.2 Å². The Morgan fingerprint density at radius 3 is 2.57 bits per heavy atom. The lowest BCUT2D eigenvalue weighted by molar-refractivity contribution is -0.120. The quantitative estimate of drug-likeness (QED) is 0.884. The Balaban J connectivity index is 1.89. The third kappa shape index (κ3) is 4.84. The summed E-state index contributed by atoms with van der Waals surface area (Å²) < 4.78 is 0. The molecular weight excluding hydrogens is 304 g/mol. The summed E-state index contributed by atoms with van der Waals surface area (Å²) >= 11 is 7.55. The zero-order valence-electron chi connectivity index (χ0n) is 12.2. The van der Waals surface area contributed by atoms with Crippen molar-refractivity contribution in [1.29, 1.82) is 0 Å². The first-order valence-corrected chi connectivity index (χ1v) is 8.03. The predicted octanol–water partition coefficient (Wildman–Crippen LogP) is 3.36. The van der Waals surface area contributed by atoms with E-state index in [0.29, 0.717) is 18.0 Å². The minimum atomic E-state index is 0.0285. The van der Waals surface area contributed by atoms with E-state index in [0.717, 1.165) is 5.56 Å². The third-order valence-electron chi connectivity index (χ3n) is 3.27. The molecule has 1 aromatic heterocycles. The molecule has 0 bridgehead atoms. The van der Waals surface area contributed by atoms with Crippen LogP contribution < -0.4 is 5.32 Å². The minimum absolute atomic E-state index is 0.0285. The Kier molecular flexibility index (Phi) is 5.79. The van der Waals surface area contributed by atoms with Crippen molar-refractivity contribution in [3.05, 3.63) is 57.2 Å². The third-order valence-corrected chi connectivity index (χ3v) is 4.49. The first kappa shape index (κ1) is 16.0. The molecule has 0 aliphatic carbocycles. The van der Waals surface area contributed by atoms with Crippen LogP contribution >= 0.6 is 22.9 Å². The summed E-state index contributed by atoms with van der Waals surface area (Å²) in [6.45, 7) is 0.611. The van der Waals surface area contributed by atoms with Crippen LogP contribution in [0.1, 0.15) is 16.5 Å². The van der Waals surface area contributed by atoms with E-state index in [1.807, 2.05) is 32.3 Å². The average molecular weight is 323 g/mol. The van der Waals surface area contributed by atoms with Crippen LogP contribution in [0.5, 0.6) is 0 Å². The highest BCUT2D eigenvalue weighted by atomic mass is 35.5. The number of benzene rings is 1. The van der Waals surface area contributed by atoms with E-state index < -0.39 is 0 Å². The summed E-state index contributed by atoms with van der Waals surface area (Å²) in [5.74, 6) is 0.0285. The molecular formula is C16H19ClN2OS. The molecule has 2 aromatic rings. The van der Waals surface area contributed by atoms with Crippen LogP contribution in [-0.2, 0) is 11.2 Å². The Morgan fingerprint density at radius 1 is 1.29 bits per heavy atom. The second-order valence-electron chi connectivity index (χ2n) is 5.10. The monoisotopic (exact) mass is 322 g/mol. The molecule has 0 saturated heterocycles. The summed E-state index contributed by atoms with van der Waals surface area (Å²) in [6.07, 6.45) is 0.377. The van der Waals surface area contributed by atoms with Crippen LogP contribution in [0.3, 0.4) is 0 Å². The lowest BCUT2D eigenvalue weighted by atomic mass is 10.1. The molecule has 1 heterocycles. The van der Waals surface area contributed by atoms with Gasteiger partial charge < -0.3 is 10.2 Å². The van der Waals surface area contributed by atoms with E-state index in [1.165, 1.54) is 4.88 Å². The highest BCUT2D eigenvalue weighted by molar-refractivity contribution is 7.10. The van der Waals surface area contributed by atoms with E-state index in [1.54, 1.807) is 23.5 Å². The zero-order valence-corrected chi connectivity index (χ0v) is 13.7. The second kappa shape index (κ2) is 7.59. The summed E-state index contributed by atoms with van der Waals surface area (Å²) in [5.41, 5.74) is 0.967. The normalized spacial score (nSPS) is 12.4. The Bertz CT molecular complexity index is 566. The summed E-state index contributed by atoms with van der Waals surface area (Å²) in [5, 5.41) is 5.75. The van der Waals surface area contributed by atoms with Gasteiger partial charge in [-0.25, -0.2) is 0 Å². The summed E-state index contributed by atoms with van der Waals surface area (Å²) in [7, 11) is 4.05. The molecule has 1 N–H and O–H groups in total. The van der Waals surface area contributed by atoms with Crippen molar-refractivity contribution in [2.45, 2.75) is 12.5 Å². The number of likely N-dealkylation sites (N-methyl/N-ethyl adjacent to an activating group) is 1. The number of carbonyl (C=O) groups is 1. The molecule has 0 aliphatic heterocycles. The van der Waals surface area contributed by atoms with Crippen LogP contribution in [0.2, 0.25) is 5.02 Å². The molecule has 0 unspecified atom stereocenters. The molecule has 21 heavy (non-hydrogen) atoms. The van der Waals surface area contributed by atoms with Gasteiger partial charge in [0.05, 0.1) is 12.5 Å². The molecule has 0 radical (unpaired) electrons. The van der Waals surface area contributed by atoms with Gasteiger partial charge in [0.25, 0.3) is 0 Å². The van der Waals surface area contributed by atoms with Crippen LogP contribution in [0.4, 0.5) is 0 Å². The molecule has 1 atom stereocenters. The Hall–Kier alpha value is -1.36. The lowest BCUT2D eigenvalue weighted by Gasteiger charge is -2.23. The largest absolute Gasteiger partial charge is 0.354 e. The maximum absolute atomic E-state index is 12.0. The molecule has 0 saturated carbocycles. The SMILES string of the molecule is CN(C)[C@@H](CNC(=O)Cc1ccc(Cl)cc1)c1cccs1. The van der Waals surface area contributed by atoms with Crippen LogP contribution in [0.25, 0.3) is 0 Å². The molecule has 112 valence electrons. The number of thiophene rings is 1.